The number of aryl methyl sites for hydroxylation is 1. The first-order chi connectivity index (χ1) is 7.75. The summed E-state index contributed by atoms with van der Waals surface area (Å²) in [6, 6.07) is 9.86. The number of nitrogens with two attached hydrogens (primary N) is 1. The van der Waals surface area contributed by atoms with E-state index < -0.39 is 0 Å². The number of nitrogens with one attached hydrogen (secondary N) is 2. The Balaban J connectivity index is 1.94. The maximum absolute atomic E-state index is 10.8. The summed E-state index contributed by atoms with van der Waals surface area (Å²) in [4.78, 5) is 13.4. The Morgan fingerprint density at radius 3 is 2.69 bits per heavy atom. The Morgan fingerprint density at radius 2 is 2.06 bits per heavy atom. The quantitative estimate of drug-likeness (QED) is 0.707. The molecule has 4 N–H and O–H groups in total. The third-order valence-electron chi connectivity index (χ3n) is 2.47. The van der Waals surface area contributed by atoms with Crippen LogP contribution in [-0.4, -0.2) is 15.2 Å². The van der Waals surface area contributed by atoms with Crippen LogP contribution in [0.15, 0.2) is 35.1 Å². The van der Waals surface area contributed by atoms with E-state index in [1.165, 1.54) is 0 Å². The molecule has 5 heteroatoms. The van der Waals surface area contributed by atoms with Crippen molar-refractivity contribution in [1.82, 2.24) is 15.2 Å². The van der Waals surface area contributed by atoms with Crippen LogP contribution in [0.1, 0.15) is 23.9 Å². The van der Waals surface area contributed by atoms with Gasteiger partial charge in [-0.15, -0.1) is 0 Å². The second kappa shape index (κ2) is 4.76. The summed E-state index contributed by atoms with van der Waals surface area (Å²) >= 11 is 0. The van der Waals surface area contributed by atoms with E-state index >= 15 is 0 Å². The Morgan fingerprint density at radius 1 is 1.31 bits per heavy atom. The molecular weight excluding hydrogens is 204 g/mol. The van der Waals surface area contributed by atoms with Crippen molar-refractivity contribution in [3.63, 3.8) is 0 Å². The number of benzene rings is 1. The van der Waals surface area contributed by atoms with E-state index in [2.05, 4.69) is 15.2 Å². The lowest BCUT2D eigenvalue weighted by molar-refractivity contribution is 0.635. The largest absolute Gasteiger partial charge is 0.340 e. The molecule has 0 amide bonds. The van der Waals surface area contributed by atoms with Gasteiger partial charge in [-0.25, -0.2) is 9.89 Å². The molecule has 5 nitrogen and oxygen atoms in total. The minimum Gasteiger partial charge on any atom is -0.324 e. The molecular formula is C11H14N4O. The Hall–Kier alpha value is -1.88. The molecule has 0 saturated heterocycles. The highest BCUT2D eigenvalue weighted by Gasteiger charge is 2.06. The van der Waals surface area contributed by atoms with E-state index in [1.54, 1.807) is 0 Å². The Labute approximate surface area is 92.7 Å². The molecule has 2 rings (SSSR count). The smallest absolute Gasteiger partial charge is 0.324 e. The molecule has 0 bridgehead atoms. The van der Waals surface area contributed by atoms with Crippen LogP contribution in [0.25, 0.3) is 0 Å². The number of H-pyrrole nitrogens is 2. The minimum absolute atomic E-state index is 0.0265. The summed E-state index contributed by atoms with van der Waals surface area (Å²) in [6.07, 6.45) is 1.42. The number of aromatic amines is 2. The predicted molar refractivity (Wildman–Crippen MR) is 60.9 cm³/mol. The molecule has 0 spiro atoms. The third kappa shape index (κ3) is 2.58. The van der Waals surface area contributed by atoms with Crippen LogP contribution >= 0.6 is 0 Å². The van der Waals surface area contributed by atoms with Gasteiger partial charge in [0.25, 0.3) is 0 Å². The van der Waals surface area contributed by atoms with Gasteiger partial charge in [0, 0.05) is 12.5 Å². The van der Waals surface area contributed by atoms with Crippen molar-refractivity contribution in [2.75, 3.05) is 0 Å². The molecule has 1 unspecified atom stereocenters. The lowest BCUT2D eigenvalue weighted by Gasteiger charge is -2.10. The van der Waals surface area contributed by atoms with Gasteiger partial charge in [0.2, 0.25) is 0 Å². The number of hydrogen-bond donors (Lipinski definition) is 3. The summed E-state index contributed by atoms with van der Waals surface area (Å²) in [5.74, 6) is 0.649. The lowest BCUT2D eigenvalue weighted by Crippen LogP contribution is -2.11. The first kappa shape index (κ1) is 10.6. The maximum atomic E-state index is 10.8. The van der Waals surface area contributed by atoms with E-state index in [-0.39, 0.29) is 11.7 Å². The van der Waals surface area contributed by atoms with Crippen LogP contribution in [0.3, 0.4) is 0 Å². The van der Waals surface area contributed by atoms with Gasteiger partial charge in [-0.2, -0.15) is 5.10 Å². The van der Waals surface area contributed by atoms with Gasteiger partial charge in [-0.05, 0) is 12.0 Å². The van der Waals surface area contributed by atoms with Crippen LogP contribution in [0, 0.1) is 0 Å². The average molecular weight is 218 g/mol. The lowest BCUT2D eigenvalue weighted by atomic mass is 10.0. The van der Waals surface area contributed by atoms with Gasteiger partial charge in [0.05, 0.1) is 0 Å². The van der Waals surface area contributed by atoms with Crippen molar-refractivity contribution in [3.05, 3.63) is 52.2 Å². The van der Waals surface area contributed by atoms with Crippen molar-refractivity contribution in [3.8, 4) is 0 Å². The van der Waals surface area contributed by atoms with Gasteiger partial charge in [0.1, 0.15) is 5.82 Å². The molecule has 1 aromatic heterocycles. The fourth-order valence-electron chi connectivity index (χ4n) is 1.58. The fourth-order valence-corrected chi connectivity index (χ4v) is 1.58. The fraction of sp³-hybridized carbons (Fsp3) is 0.273. The van der Waals surface area contributed by atoms with Crippen molar-refractivity contribution >= 4 is 0 Å². The second-order valence-corrected chi connectivity index (χ2v) is 3.68. The van der Waals surface area contributed by atoms with E-state index in [0.29, 0.717) is 12.2 Å². The predicted octanol–water partition coefficient (Wildman–Crippen LogP) is 0.731. The summed E-state index contributed by atoms with van der Waals surface area (Å²) in [6.45, 7) is 0. The molecule has 1 heterocycles. The van der Waals surface area contributed by atoms with Crippen molar-refractivity contribution in [1.29, 1.82) is 0 Å². The summed E-state index contributed by atoms with van der Waals surface area (Å²) < 4.78 is 0. The van der Waals surface area contributed by atoms with Crippen LogP contribution in [-0.2, 0) is 6.42 Å². The molecule has 84 valence electrons. The van der Waals surface area contributed by atoms with Crippen molar-refractivity contribution < 1.29 is 0 Å². The zero-order valence-corrected chi connectivity index (χ0v) is 8.81. The number of nitrogens with zero attached hydrogens (tertiary/aromatic N) is 1. The molecule has 0 fully saturated rings. The standard InChI is InChI=1S/C11H14N4O/c12-9(8-4-2-1-3-5-8)6-7-10-13-11(16)15-14-10/h1-5,9H,6-7,12H2,(H2,13,14,15,16). The monoisotopic (exact) mass is 218 g/mol. The van der Waals surface area contributed by atoms with E-state index in [9.17, 15) is 4.79 Å². The highest BCUT2D eigenvalue weighted by atomic mass is 16.1. The Kier molecular flexibility index (Phi) is 3.16. The topological polar surface area (TPSA) is 87.6 Å². The van der Waals surface area contributed by atoms with Gasteiger partial charge in [-0.3, -0.25) is 4.98 Å². The third-order valence-corrected chi connectivity index (χ3v) is 2.47. The van der Waals surface area contributed by atoms with Crippen LogP contribution in [0.2, 0.25) is 0 Å². The van der Waals surface area contributed by atoms with Gasteiger partial charge in [0.15, 0.2) is 0 Å². The Bertz CT molecular complexity index is 488. The minimum atomic E-state index is -0.275. The maximum Gasteiger partial charge on any atom is 0.340 e. The highest BCUT2D eigenvalue weighted by molar-refractivity contribution is 5.18. The summed E-state index contributed by atoms with van der Waals surface area (Å²) in [7, 11) is 0. The molecule has 16 heavy (non-hydrogen) atoms. The van der Waals surface area contributed by atoms with Gasteiger partial charge in [-0.1, -0.05) is 30.3 Å². The van der Waals surface area contributed by atoms with E-state index in [4.69, 9.17) is 5.73 Å². The first-order valence-electron chi connectivity index (χ1n) is 5.20. The van der Waals surface area contributed by atoms with Crippen LogP contribution < -0.4 is 11.4 Å². The normalized spacial score (nSPS) is 12.6. The summed E-state index contributed by atoms with van der Waals surface area (Å²) in [5.41, 5.74) is 6.84. The van der Waals surface area contributed by atoms with Crippen LogP contribution in [0.5, 0.6) is 0 Å². The molecule has 2 aromatic rings. The zero-order valence-electron chi connectivity index (χ0n) is 8.81. The SMILES string of the molecule is NC(CCc1n[nH]c(=O)[nH]1)c1ccccc1. The number of hydrogen-bond acceptors (Lipinski definition) is 3. The second-order valence-electron chi connectivity index (χ2n) is 3.68. The molecule has 1 atom stereocenters. The van der Waals surface area contributed by atoms with Gasteiger partial charge < -0.3 is 5.73 Å². The molecule has 0 aliphatic carbocycles. The molecule has 0 saturated carbocycles. The molecule has 0 aliphatic heterocycles. The number of rotatable bonds is 4. The molecule has 0 radical (unpaired) electrons. The highest BCUT2D eigenvalue weighted by Crippen LogP contribution is 2.14. The van der Waals surface area contributed by atoms with Crippen LogP contribution in [0.4, 0.5) is 0 Å². The van der Waals surface area contributed by atoms with Crippen molar-refractivity contribution in [2.24, 2.45) is 5.73 Å². The zero-order chi connectivity index (χ0) is 11.4. The van der Waals surface area contributed by atoms with Gasteiger partial charge >= 0.3 is 5.69 Å². The summed E-state index contributed by atoms with van der Waals surface area (Å²) in [5, 5.41) is 6.16. The van der Waals surface area contributed by atoms with E-state index in [1.807, 2.05) is 30.3 Å². The average Bonchev–Trinajstić information content (AvgIpc) is 2.73. The number of aromatic nitrogens is 3. The molecule has 0 aliphatic rings. The molecule has 1 aromatic carbocycles. The van der Waals surface area contributed by atoms with Crippen molar-refractivity contribution in [2.45, 2.75) is 18.9 Å². The first-order valence-corrected chi connectivity index (χ1v) is 5.20. The van der Waals surface area contributed by atoms with E-state index in [0.717, 1.165) is 12.0 Å².